The summed E-state index contributed by atoms with van der Waals surface area (Å²) in [6.45, 7) is 4.14. The van der Waals surface area contributed by atoms with E-state index in [0.29, 0.717) is 6.54 Å². The van der Waals surface area contributed by atoms with E-state index in [9.17, 15) is 9.59 Å². The minimum atomic E-state index is -0.956. The summed E-state index contributed by atoms with van der Waals surface area (Å²) in [4.78, 5) is 24.1. The minimum absolute atomic E-state index is 0.0669. The Hall–Kier alpha value is -2.14. The Bertz CT molecular complexity index is 522. The van der Waals surface area contributed by atoms with Gasteiger partial charge in [0.15, 0.2) is 0 Å². The Morgan fingerprint density at radius 3 is 2.80 bits per heavy atom. The zero-order valence-electron chi connectivity index (χ0n) is 11.4. The molecule has 1 aromatic rings. The predicted molar refractivity (Wildman–Crippen MR) is 76.0 cm³/mol. The number of carbonyl (C=O) groups is 2. The Morgan fingerprint density at radius 1 is 1.45 bits per heavy atom. The fraction of sp³-hybridized carbons (Fsp3) is 0.333. The molecule has 0 spiro atoms. The highest BCUT2D eigenvalue weighted by Crippen LogP contribution is 2.12. The number of aliphatic carboxylic acids is 1. The van der Waals surface area contributed by atoms with Crippen molar-refractivity contribution in [2.75, 3.05) is 13.1 Å². The molecule has 20 heavy (non-hydrogen) atoms. The van der Waals surface area contributed by atoms with Crippen LogP contribution in [-0.2, 0) is 16.1 Å². The average Bonchev–Trinajstić information content (AvgIpc) is 2.43. The van der Waals surface area contributed by atoms with E-state index in [1.807, 2.05) is 31.2 Å². The molecule has 0 aromatic heterocycles. The van der Waals surface area contributed by atoms with Crippen LogP contribution in [-0.4, -0.2) is 41.0 Å². The Kier molecular flexibility index (Phi) is 4.53. The van der Waals surface area contributed by atoms with Gasteiger partial charge in [-0.2, -0.15) is 0 Å². The highest BCUT2D eigenvalue weighted by atomic mass is 16.4. The van der Waals surface area contributed by atoms with Crippen molar-refractivity contribution < 1.29 is 14.7 Å². The fourth-order valence-corrected chi connectivity index (χ4v) is 2.18. The number of nitrogens with one attached hydrogen (secondary N) is 1. The molecule has 1 aliphatic heterocycles. The molecule has 1 saturated heterocycles. The molecule has 1 fully saturated rings. The van der Waals surface area contributed by atoms with Gasteiger partial charge in [0.25, 0.3) is 0 Å². The molecule has 5 nitrogen and oxygen atoms in total. The number of hydrogen-bond donors (Lipinski definition) is 2. The Balaban J connectivity index is 2.00. The summed E-state index contributed by atoms with van der Waals surface area (Å²) in [5.74, 6) is -0.889. The molecule has 0 saturated carbocycles. The maximum atomic E-state index is 11.6. The number of carboxylic acid groups (broad SMARTS) is 1. The van der Waals surface area contributed by atoms with Gasteiger partial charge in [-0.3, -0.25) is 9.69 Å². The van der Waals surface area contributed by atoms with E-state index in [2.05, 4.69) is 10.2 Å². The van der Waals surface area contributed by atoms with Crippen LogP contribution in [0, 0.1) is 0 Å². The maximum absolute atomic E-state index is 11.6. The molecule has 1 aromatic carbocycles. The first kappa shape index (κ1) is 14.3. The molecule has 2 rings (SSSR count). The largest absolute Gasteiger partial charge is 0.478 e. The first-order valence-corrected chi connectivity index (χ1v) is 6.58. The van der Waals surface area contributed by atoms with Crippen LogP contribution in [0.25, 0.3) is 6.08 Å². The van der Waals surface area contributed by atoms with E-state index in [1.165, 1.54) is 0 Å². The van der Waals surface area contributed by atoms with Gasteiger partial charge < -0.3 is 10.4 Å². The second kappa shape index (κ2) is 6.34. The van der Waals surface area contributed by atoms with Gasteiger partial charge in [-0.1, -0.05) is 24.3 Å². The SMILES string of the molecule is CC1C(=O)NCCN1Cc1ccc(C=CC(=O)O)cc1. The third kappa shape index (κ3) is 3.68. The van der Waals surface area contributed by atoms with Gasteiger partial charge in [0.1, 0.15) is 0 Å². The summed E-state index contributed by atoms with van der Waals surface area (Å²) >= 11 is 0. The second-order valence-corrected chi connectivity index (χ2v) is 4.85. The molecular formula is C15H18N2O3. The number of carboxylic acids is 1. The van der Waals surface area contributed by atoms with Gasteiger partial charge in [-0.05, 0) is 24.1 Å². The summed E-state index contributed by atoms with van der Waals surface area (Å²) in [6.07, 6.45) is 2.68. The molecule has 2 N–H and O–H groups in total. The van der Waals surface area contributed by atoms with E-state index in [1.54, 1.807) is 6.08 Å². The first-order chi connectivity index (χ1) is 9.56. The van der Waals surface area contributed by atoms with Crippen molar-refractivity contribution in [3.63, 3.8) is 0 Å². The van der Waals surface area contributed by atoms with Crippen molar-refractivity contribution in [3.05, 3.63) is 41.5 Å². The number of carbonyl (C=O) groups excluding carboxylic acids is 1. The van der Waals surface area contributed by atoms with E-state index in [0.717, 1.165) is 30.3 Å². The van der Waals surface area contributed by atoms with E-state index >= 15 is 0 Å². The quantitative estimate of drug-likeness (QED) is 0.807. The summed E-state index contributed by atoms with van der Waals surface area (Å²) in [6, 6.07) is 7.56. The highest BCUT2D eigenvalue weighted by Gasteiger charge is 2.24. The first-order valence-electron chi connectivity index (χ1n) is 6.58. The lowest BCUT2D eigenvalue weighted by molar-refractivity contribution is -0.131. The van der Waals surface area contributed by atoms with Gasteiger partial charge in [-0.25, -0.2) is 4.79 Å². The van der Waals surface area contributed by atoms with Gasteiger partial charge in [0.05, 0.1) is 6.04 Å². The maximum Gasteiger partial charge on any atom is 0.328 e. The topological polar surface area (TPSA) is 69.6 Å². The minimum Gasteiger partial charge on any atom is -0.478 e. The molecule has 1 unspecified atom stereocenters. The third-order valence-electron chi connectivity index (χ3n) is 3.41. The molecule has 0 radical (unpaired) electrons. The predicted octanol–water partition coefficient (Wildman–Crippen LogP) is 1.10. The number of nitrogens with zero attached hydrogens (tertiary/aromatic N) is 1. The van der Waals surface area contributed by atoms with E-state index < -0.39 is 5.97 Å². The molecule has 1 aliphatic rings. The molecule has 0 aliphatic carbocycles. The van der Waals surface area contributed by atoms with Crippen LogP contribution in [0.5, 0.6) is 0 Å². The smallest absolute Gasteiger partial charge is 0.328 e. The second-order valence-electron chi connectivity index (χ2n) is 4.85. The van der Waals surface area contributed by atoms with E-state index in [-0.39, 0.29) is 11.9 Å². The number of piperazine rings is 1. The van der Waals surface area contributed by atoms with E-state index in [4.69, 9.17) is 5.11 Å². The van der Waals surface area contributed by atoms with Gasteiger partial charge in [0, 0.05) is 25.7 Å². The number of amides is 1. The highest BCUT2D eigenvalue weighted by molar-refractivity contribution is 5.85. The standard InChI is InChI=1S/C15H18N2O3/c1-11-15(20)16-8-9-17(11)10-13-4-2-12(3-5-13)6-7-14(18)19/h2-7,11H,8-10H2,1H3,(H,16,20)(H,18,19). The van der Waals surface area contributed by atoms with Crippen molar-refractivity contribution in [1.82, 2.24) is 10.2 Å². The van der Waals surface area contributed by atoms with Crippen molar-refractivity contribution in [2.24, 2.45) is 0 Å². The number of rotatable bonds is 4. The third-order valence-corrected chi connectivity index (χ3v) is 3.41. The van der Waals surface area contributed by atoms with Crippen LogP contribution < -0.4 is 5.32 Å². The average molecular weight is 274 g/mol. The fourth-order valence-electron chi connectivity index (χ4n) is 2.18. The molecule has 1 atom stereocenters. The van der Waals surface area contributed by atoms with Crippen LogP contribution in [0.3, 0.4) is 0 Å². The van der Waals surface area contributed by atoms with Gasteiger partial charge >= 0.3 is 5.97 Å². The summed E-state index contributed by atoms with van der Waals surface area (Å²) in [5, 5.41) is 11.4. The molecule has 1 heterocycles. The van der Waals surface area contributed by atoms with Gasteiger partial charge in [0.2, 0.25) is 5.91 Å². The van der Waals surface area contributed by atoms with Crippen LogP contribution in [0.2, 0.25) is 0 Å². The van der Waals surface area contributed by atoms with Crippen LogP contribution in [0.1, 0.15) is 18.1 Å². The molecular weight excluding hydrogens is 256 g/mol. The zero-order valence-corrected chi connectivity index (χ0v) is 11.4. The monoisotopic (exact) mass is 274 g/mol. The van der Waals surface area contributed by atoms with Crippen LogP contribution in [0.15, 0.2) is 30.3 Å². The van der Waals surface area contributed by atoms with Crippen molar-refractivity contribution in [1.29, 1.82) is 0 Å². The molecule has 106 valence electrons. The molecule has 5 heteroatoms. The van der Waals surface area contributed by atoms with Crippen molar-refractivity contribution >= 4 is 18.0 Å². The number of benzene rings is 1. The molecule has 0 bridgehead atoms. The molecule has 1 amide bonds. The lowest BCUT2D eigenvalue weighted by atomic mass is 10.1. The van der Waals surface area contributed by atoms with Gasteiger partial charge in [-0.15, -0.1) is 0 Å². The van der Waals surface area contributed by atoms with Crippen molar-refractivity contribution in [2.45, 2.75) is 19.5 Å². The van der Waals surface area contributed by atoms with Crippen molar-refractivity contribution in [3.8, 4) is 0 Å². The van der Waals surface area contributed by atoms with Crippen LogP contribution >= 0.6 is 0 Å². The lowest BCUT2D eigenvalue weighted by Crippen LogP contribution is -2.53. The summed E-state index contributed by atoms with van der Waals surface area (Å²) in [7, 11) is 0. The van der Waals surface area contributed by atoms with Crippen LogP contribution in [0.4, 0.5) is 0 Å². The number of hydrogen-bond acceptors (Lipinski definition) is 3. The normalized spacial score (nSPS) is 20.1. The zero-order chi connectivity index (χ0) is 14.5. The summed E-state index contributed by atoms with van der Waals surface area (Å²) < 4.78 is 0. The lowest BCUT2D eigenvalue weighted by Gasteiger charge is -2.32. The Labute approximate surface area is 117 Å². The summed E-state index contributed by atoms with van der Waals surface area (Å²) in [5.41, 5.74) is 1.96. The Morgan fingerprint density at radius 2 is 2.15 bits per heavy atom.